The molecule has 1 aliphatic rings. The summed E-state index contributed by atoms with van der Waals surface area (Å²) in [5, 5.41) is 6.50. The zero-order valence-corrected chi connectivity index (χ0v) is 33.7. The SMILES string of the molecule is CC.CC=N/C(C)=C(C(/C#Cc1cccc2ccccc12)=C\CCC)\C(N)=C(/C)CC.Cc1noc(-c2ccccc2)c1CSCC1CCC(C)O1. The molecule has 0 bridgehead atoms. The summed E-state index contributed by atoms with van der Waals surface area (Å²) >= 11 is 1.91. The number of nitrogens with zero attached hydrogens (tertiary/aromatic N) is 2. The first-order chi connectivity index (χ1) is 25.3. The Morgan fingerprint density at radius 2 is 1.71 bits per heavy atom. The van der Waals surface area contributed by atoms with Gasteiger partial charge < -0.3 is 15.0 Å². The fraction of sp³-hybridized carbons (Fsp3) is 0.391. The molecule has 0 radical (unpaired) electrons. The predicted molar refractivity (Wildman–Crippen MR) is 226 cm³/mol. The molecule has 1 aliphatic heterocycles. The van der Waals surface area contributed by atoms with E-state index < -0.39 is 0 Å². The Hall–Kier alpha value is -4.31. The second-order valence-corrected chi connectivity index (χ2v) is 13.7. The number of benzene rings is 3. The number of aliphatic imine (C=N–C) groups is 1. The molecule has 2 heterocycles. The average Bonchev–Trinajstić information content (AvgIpc) is 3.77. The summed E-state index contributed by atoms with van der Waals surface area (Å²) in [7, 11) is 0. The Balaban J connectivity index is 0.000000279. The maximum atomic E-state index is 6.57. The minimum atomic E-state index is 0.408. The third-order valence-corrected chi connectivity index (χ3v) is 9.96. The van der Waals surface area contributed by atoms with Gasteiger partial charge in [0, 0.05) is 57.0 Å². The van der Waals surface area contributed by atoms with E-state index in [1.165, 1.54) is 29.2 Å². The quantitative estimate of drug-likeness (QED) is 0.0950. The van der Waals surface area contributed by atoms with Gasteiger partial charge >= 0.3 is 0 Å². The maximum Gasteiger partial charge on any atom is 0.171 e. The number of hydrogen-bond acceptors (Lipinski definition) is 6. The van der Waals surface area contributed by atoms with Crippen LogP contribution in [0, 0.1) is 18.8 Å². The molecular weight excluding hydrogens is 659 g/mol. The molecule has 1 aromatic heterocycles. The lowest BCUT2D eigenvalue weighted by Gasteiger charge is -2.14. The lowest BCUT2D eigenvalue weighted by molar-refractivity contribution is 0.0700. The number of nitrogens with two attached hydrogens (primary N) is 1. The Morgan fingerprint density at radius 1 is 1.00 bits per heavy atom. The molecule has 1 fully saturated rings. The van der Waals surface area contributed by atoms with Crippen LogP contribution in [0.5, 0.6) is 0 Å². The van der Waals surface area contributed by atoms with Crippen LogP contribution in [0.15, 0.2) is 117 Å². The maximum absolute atomic E-state index is 6.57. The molecule has 0 aliphatic carbocycles. The molecule has 2 unspecified atom stereocenters. The van der Waals surface area contributed by atoms with Crippen molar-refractivity contribution < 1.29 is 9.26 Å². The topological polar surface area (TPSA) is 73.6 Å². The third kappa shape index (κ3) is 12.1. The summed E-state index contributed by atoms with van der Waals surface area (Å²) < 4.78 is 11.4. The molecule has 3 aromatic carbocycles. The largest absolute Gasteiger partial charge is 0.398 e. The molecule has 5 rings (SSSR count). The monoisotopic (exact) mass is 717 g/mol. The lowest BCUT2D eigenvalue weighted by atomic mass is 9.95. The van der Waals surface area contributed by atoms with Crippen molar-refractivity contribution in [2.24, 2.45) is 10.7 Å². The first-order valence-corrected chi connectivity index (χ1v) is 20.0. The molecule has 0 amide bonds. The number of fused-ring (bicyclic) bond motifs is 1. The van der Waals surface area contributed by atoms with Crippen LogP contribution in [-0.2, 0) is 10.5 Å². The van der Waals surface area contributed by atoms with Gasteiger partial charge in [0.15, 0.2) is 5.76 Å². The Morgan fingerprint density at radius 3 is 2.38 bits per heavy atom. The molecular formula is C46H59N3O2S. The van der Waals surface area contributed by atoms with E-state index in [9.17, 15) is 0 Å². The molecule has 52 heavy (non-hydrogen) atoms. The highest BCUT2D eigenvalue weighted by molar-refractivity contribution is 7.98. The first-order valence-electron chi connectivity index (χ1n) is 18.9. The number of aryl methyl sites for hydroxylation is 1. The van der Waals surface area contributed by atoms with Crippen molar-refractivity contribution in [1.82, 2.24) is 5.16 Å². The molecule has 0 saturated carbocycles. The van der Waals surface area contributed by atoms with E-state index in [-0.39, 0.29) is 0 Å². The molecule has 276 valence electrons. The zero-order valence-electron chi connectivity index (χ0n) is 32.9. The van der Waals surface area contributed by atoms with Crippen molar-refractivity contribution in [3.63, 3.8) is 0 Å². The van der Waals surface area contributed by atoms with Gasteiger partial charge in [0.1, 0.15) is 0 Å². The highest BCUT2D eigenvalue weighted by Crippen LogP contribution is 2.31. The van der Waals surface area contributed by atoms with Crippen LogP contribution >= 0.6 is 11.8 Å². The van der Waals surface area contributed by atoms with E-state index in [2.05, 4.69) is 110 Å². The second-order valence-electron chi connectivity index (χ2n) is 12.7. The standard InChI is InChI=1S/C27H32N2.C17H21NO2S.C2H6/c1-6-9-13-24(26(21(5)29-8-3)27(28)20(4)7-2)19-18-23-16-12-15-22-14-10-11-17-25(22)23;1-12-8-9-15(19-12)10-21-11-16-13(2)18-20-17(16)14-6-4-3-5-7-14;1-2/h8,10-17H,6-7,9,28H2,1-5H3;3-7,12,15H,8-11H2,1-2H3;1-2H3/b24-13-,26-21-,27-20-,29-8?;;. The number of ether oxygens (including phenoxy) is 1. The summed E-state index contributed by atoms with van der Waals surface area (Å²) in [6, 6.07) is 24.8. The molecule has 2 atom stereocenters. The van der Waals surface area contributed by atoms with E-state index in [4.69, 9.17) is 15.0 Å². The molecule has 5 nitrogen and oxygen atoms in total. The fourth-order valence-electron chi connectivity index (χ4n) is 5.85. The van der Waals surface area contributed by atoms with Gasteiger partial charge in [0.05, 0.1) is 17.9 Å². The van der Waals surface area contributed by atoms with E-state index in [1.54, 1.807) is 6.21 Å². The van der Waals surface area contributed by atoms with Crippen molar-refractivity contribution in [1.29, 1.82) is 0 Å². The minimum absolute atomic E-state index is 0.408. The second kappa shape index (κ2) is 22.6. The van der Waals surface area contributed by atoms with Crippen molar-refractivity contribution in [2.45, 2.75) is 112 Å². The predicted octanol–water partition coefficient (Wildman–Crippen LogP) is 12.4. The number of thioether (sulfide) groups is 1. The highest BCUT2D eigenvalue weighted by atomic mass is 32.2. The van der Waals surface area contributed by atoms with Gasteiger partial charge in [-0.15, -0.1) is 0 Å². The van der Waals surface area contributed by atoms with E-state index in [1.807, 2.05) is 64.6 Å². The van der Waals surface area contributed by atoms with Gasteiger partial charge in [-0.1, -0.05) is 124 Å². The average molecular weight is 718 g/mol. The van der Waals surface area contributed by atoms with Gasteiger partial charge in [0.25, 0.3) is 0 Å². The first kappa shape index (κ1) is 42.1. The minimum Gasteiger partial charge on any atom is -0.398 e. The Bertz CT molecular complexity index is 1880. The number of allylic oxidation sites excluding steroid dienone is 4. The van der Waals surface area contributed by atoms with Crippen molar-refractivity contribution in [2.75, 3.05) is 5.75 Å². The van der Waals surface area contributed by atoms with Crippen molar-refractivity contribution in [3.05, 3.63) is 124 Å². The number of unbranched alkanes of at least 4 members (excludes halogenated alkanes) is 1. The summed E-state index contributed by atoms with van der Waals surface area (Å²) in [6.07, 6.45) is 10.1. The zero-order chi connectivity index (χ0) is 37.9. The van der Waals surface area contributed by atoms with Crippen LogP contribution in [-0.4, -0.2) is 29.3 Å². The van der Waals surface area contributed by atoms with Crippen LogP contribution < -0.4 is 5.73 Å². The van der Waals surface area contributed by atoms with Crippen LogP contribution in [0.3, 0.4) is 0 Å². The lowest BCUT2D eigenvalue weighted by Crippen LogP contribution is -2.11. The number of hydrogen-bond donors (Lipinski definition) is 1. The normalized spacial score (nSPS) is 16.6. The summed E-state index contributed by atoms with van der Waals surface area (Å²) in [5.41, 5.74) is 15.6. The molecule has 1 saturated heterocycles. The molecule has 4 aromatic rings. The fourth-order valence-corrected chi connectivity index (χ4v) is 7.02. The molecule has 0 spiro atoms. The van der Waals surface area contributed by atoms with Gasteiger partial charge in [0.2, 0.25) is 0 Å². The van der Waals surface area contributed by atoms with Crippen molar-refractivity contribution in [3.8, 4) is 23.2 Å². The summed E-state index contributed by atoms with van der Waals surface area (Å²) in [6.45, 7) is 18.5. The van der Waals surface area contributed by atoms with Gasteiger partial charge in [-0.25, -0.2) is 0 Å². The Kier molecular flexibility index (Phi) is 18.3. The number of rotatable bonds is 11. The van der Waals surface area contributed by atoms with Gasteiger partial charge in [-0.05, 0) is 82.7 Å². The van der Waals surface area contributed by atoms with E-state index >= 15 is 0 Å². The van der Waals surface area contributed by atoms with E-state index in [0.29, 0.717) is 12.2 Å². The van der Waals surface area contributed by atoms with Crippen molar-refractivity contribution >= 4 is 28.7 Å². The van der Waals surface area contributed by atoms with Crippen LogP contribution in [0.1, 0.15) is 104 Å². The Labute approximate surface area is 317 Å². The third-order valence-electron chi connectivity index (χ3n) is 8.86. The summed E-state index contributed by atoms with van der Waals surface area (Å²) in [4.78, 5) is 4.53. The summed E-state index contributed by atoms with van der Waals surface area (Å²) in [5.74, 6) is 9.70. The van der Waals surface area contributed by atoms with Crippen LogP contribution in [0.4, 0.5) is 0 Å². The van der Waals surface area contributed by atoms with Crippen LogP contribution in [0.25, 0.3) is 22.1 Å². The van der Waals surface area contributed by atoms with Crippen LogP contribution in [0.2, 0.25) is 0 Å². The van der Waals surface area contributed by atoms with E-state index in [0.717, 1.165) is 81.5 Å². The molecule has 2 N–H and O–H groups in total. The number of aromatic nitrogens is 1. The smallest absolute Gasteiger partial charge is 0.171 e. The highest BCUT2D eigenvalue weighted by Gasteiger charge is 2.22. The van der Waals surface area contributed by atoms with Gasteiger partial charge in [-0.3, -0.25) is 4.99 Å². The van der Waals surface area contributed by atoms with Gasteiger partial charge in [-0.2, -0.15) is 11.8 Å². The molecule has 6 heteroatoms.